The molecule has 0 unspecified atom stereocenters. The van der Waals surface area contributed by atoms with Crippen molar-refractivity contribution in [2.24, 2.45) is 5.92 Å². The van der Waals surface area contributed by atoms with Crippen LogP contribution >= 0.6 is 0 Å². The smallest absolute Gasteiger partial charge is 0.161 e. The van der Waals surface area contributed by atoms with Crippen molar-refractivity contribution in [1.82, 2.24) is 14.6 Å². The van der Waals surface area contributed by atoms with E-state index >= 15 is 0 Å². The van der Waals surface area contributed by atoms with Crippen LogP contribution in [-0.2, 0) is 0 Å². The first-order chi connectivity index (χ1) is 12.6. The van der Waals surface area contributed by atoms with Gasteiger partial charge in [0.1, 0.15) is 5.82 Å². The lowest BCUT2D eigenvalue weighted by Gasteiger charge is -2.20. The van der Waals surface area contributed by atoms with Crippen molar-refractivity contribution >= 4 is 11.5 Å². The highest BCUT2D eigenvalue weighted by atomic mass is 16.5. The van der Waals surface area contributed by atoms with Gasteiger partial charge in [-0.25, -0.2) is 9.50 Å². The number of aliphatic hydroxyl groups is 1. The van der Waals surface area contributed by atoms with E-state index in [0.717, 1.165) is 16.9 Å². The van der Waals surface area contributed by atoms with Crippen LogP contribution < -0.4 is 14.8 Å². The van der Waals surface area contributed by atoms with Crippen molar-refractivity contribution in [1.29, 1.82) is 0 Å². The lowest BCUT2D eigenvalue weighted by Crippen LogP contribution is -2.30. The molecule has 138 valence electrons. The molecule has 0 bridgehead atoms. The summed E-state index contributed by atoms with van der Waals surface area (Å²) in [5, 5.41) is 17.5. The van der Waals surface area contributed by atoms with Gasteiger partial charge in [-0.2, -0.15) is 0 Å². The van der Waals surface area contributed by atoms with Crippen LogP contribution in [0.3, 0.4) is 0 Å². The number of aliphatic hydroxyl groups excluding tert-OH is 1. The van der Waals surface area contributed by atoms with Gasteiger partial charge in [-0.15, -0.1) is 5.10 Å². The Kier molecular flexibility index (Phi) is 5.27. The highest BCUT2D eigenvalue weighted by molar-refractivity contribution is 5.67. The number of fused-ring (bicyclic) bond motifs is 1. The summed E-state index contributed by atoms with van der Waals surface area (Å²) < 4.78 is 12.5. The van der Waals surface area contributed by atoms with Crippen LogP contribution in [0.15, 0.2) is 36.5 Å². The number of anilines is 1. The molecule has 0 aliphatic carbocycles. The number of nitrogens with one attached hydrogen (secondary N) is 1. The molecule has 0 radical (unpaired) electrons. The van der Waals surface area contributed by atoms with Crippen molar-refractivity contribution in [3.8, 4) is 22.8 Å². The molecular formula is C19H24N4O3. The summed E-state index contributed by atoms with van der Waals surface area (Å²) in [5.74, 6) is 2.29. The van der Waals surface area contributed by atoms with E-state index in [0.29, 0.717) is 17.3 Å². The van der Waals surface area contributed by atoms with E-state index in [2.05, 4.69) is 29.2 Å². The van der Waals surface area contributed by atoms with Gasteiger partial charge < -0.3 is 19.9 Å². The Morgan fingerprint density at radius 2 is 1.88 bits per heavy atom. The molecule has 1 atom stereocenters. The fourth-order valence-corrected chi connectivity index (χ4v) is 2.76. The van der Waals surface area contributed by atoms with Crippen LogP contribution in [0, 0.1) is 5.92 Å². The Bertz CT molecular complexity index is 892. The molecule has 1 aromatic carbocycles. The molecule has 0 amide bonds. The van der Waals surface area contributed by atoms with Crippen LogP contribution in [0.5, 0.6) is 11.5 Å². The predicted molar refractivity (Wildman–Crippen MR) is 101 cm³/mol. The lowest BCUT2D eigenvalue weighted by molar-refractivity contribution is 0.249. The van der Waals surface area contributed by atoms with Crippen molar-refractivity contribution in [2.75, 3.05) is 26.1 Å². The van der Waals surface area contributed by atoms with Crippen molar-refractivity contribution in [2.45, 2.75) is 19.9 Å². The Balaban J connectivity index is 2.01. The van der Waals surface area contributed by atoms with Gasteiger partial charge in [0.2, 0.25) is 0 Å². The molecule has 26 heavy (non-hydrogen) atoms. The summed E-state index contributed by atoms with van der Waals surface area (Å²) in [6, 6.07) is 9.40. The molecule has 0 aliphatic rings. The van der Waals surface area contributed by atoms with Gasteiger partial charge >= 0.3 is 0 Å². The largest absolute Gasteiger partial charge is 0.493 e. The van der Waals surface area contributed by atoms with Crippen molar-refractivity contribution in [3.05, 3.63) is 36.5 Å². The first-order valence-electron chi connectivity index (χ1n) is 8.52. The molecular weight excluding hydrogens is 332 g/mol. The fourth-order valence-electron chi connectivity index (χ4n) is 2.76. The minimum absolute atomic E-state index is 0.0455. The van der Waals surface area contributed by atoms with E-state index in [1.54, 1.807) is 24.9 Å². The monoisotopic (exact) mass is 356 g/mol. The molecule has 0 fully saturated rings. The van der Waals surface area contributed by atoms with E-state index in [-0.39, 0.29) is 18.6 Å². The van der Waals surface area contributed by atoms with Gasteiger partial charge in [-0.1, -0.05) is 13.8 Å². The number of rotatable bonds is 7. The summed E-state index contributed by atoms with van der Waals surface area (Å²) in [7, 11) is 3.22. The third-order valence-electron chi connectivity index (χ3n) is 4.38. The number of imidazole rings is 1. The molecule has 0 spiro atoms. The van der Waals surface area contributed by atoms with Crippen LogP contribution in [0.4, 0.5) is 5.82 Å². The van der Waals surface area contributed by atoms with Crippen LogP contribution in [0.2, 0.25) is 0 Å². The number of nitrogens with zero attached hydrogens (tertiary/aromatic N) is 3. The standard InChI is InChI=1S/C19H24N4O3/c1-12(2)14(11-24)21-18-7-8-19-20-10-15(23(19)22-18)13-5-6-16(25-3)17(9-13)26-4/h5-10,12,14,24H,11H2,1-4H3,(H,21,22)/t14-/m1/s1. The number of aromatic nitrogens is 3. The zero-order valence-corrected chi connectivity index (χ0v) is 15.4. The van der Waals surface area contributed by atoms with Crippen LogP contribution in [-0.4, -0.2) is 46.6 Å². The summed E-state index contributed by atoms with van der Waals surface area (Å²) in [5.41, 5.74) is 2.50. The minimum Gasteiger partial charge on any atom is -0.493 e. The SMILES string of the molecule is COc1ccc(-c2cnc3ccc(N[C@H](CO)C(C)C)nn23)cc1OC. The molecule has 0 saturated heterocycles. The van der Waals surface area contributed by atoms with Gasteiger partial charge in [0.15, 0.2) is 17.1 Å². The molecule has 0 saturated carbocycles. The molecule has 3 rings (SSSR count). The average Bonchev–Trinajstić information content (AvgIpc) is 3.08. The van der Waals surface area contributed by atoms with Gasteiger partial charge in [0, 0.05) is 5.56 Å². The van der Waals surface area contributed by atoms with Gasteiger partial charge in [0.25, 0.3) is 0 Å². The number of hydrogen-bond acceptors (Lipinski definition) is 6. The maximum absolute atomic E-state index is 9.54. The Hall–Kier alpha value is -2.80. The summed E-state index contributed by atoms with van der Waals surface area (Å²) >= 11 is 0. The highest BCUT2D eigenvalue weighted by Gasteiger charge is 2.15. The molecule has 2 heterocycles. The topological polar surface area (TPSA) is 80.9 Å². The first kappa shape index (κ1) is 18.0. The Morgan fingerprint density at radius 1 is 1.12 bits per heavy atom. The second-order valence-corrected chi connectivity index (χ2v) is 6.38. The Morgan fingerprint density at radius 3 is 2.54 bits per heavy atom. The van der Waals surface area contributed by atoms with E-state index in [4.69, 9.17) is 9.47 Å². The van der Waals surface area contributed by atoms with Gasteiger partial charge in [-0.3, -0.25) is 0 Å². The summed E-state index contributed by atoms with van der Waals surface area (Å²) in [6.45, 7) is 4.15. The lowest BCUT2D eigenvalue weighted by atomic mass is 10.1. The zero-order valence-electron chi connectivity index (χ0n) is 15.4. The van der Waals surface area contributed by atoms with E-state index < -0.39 is 0 Å². The second-order valence-electron chi connectivity index (χ2n) is 6.38. The number of ether oxygens (including phenoxy) is 2. The van der Waals surface area contributed by atoms with Crippen molar-refractivity contribution in [3.63, 3.8) is 0 Å². The first-order valence-corrected chi connectivity index (χ1v) is 8.52. The quantitative estimate of drug-likeness (QED) is 0.677. The maximum Gasteiger partial charge on any atom is 0.161 e. The number of benzene rings is 1. The summed E-state index contributed by atoms with van der Waals surface area (Å²) in [6.07, 6.45) is 1.78. The molecule has 2 aromatic heterocycles. The Labute approximate surface area is 152 Å². The normalized spacial score (nSPS) is 12.4. The second kappa shape index (κ2) is 7.61. The predicted octanol–water partition coefficient (Wildman–Crippen LogP) is 2.84. The highest BCUT2D eigenvalue weighted by Crippen LogP contribution is 2.32. The zero-order chi connectivity index (χ0) is 18.7. The van der Waals surface area contributed by atoms with E-state index in [9.17, 15) is 5.11 Å². The molecule has 7 nitrogen and oxygen atoms in total. The maximum atomic E-state index is 9.54. The van der Waals surface area contributed by atoms with Gasteiger partial charge in [-0.05, 0) is 36.2 Å². The molecule has 0 aliphatic heterocycles. The minimum atomic E-state index is -0.0620. The van der Waals surface area contributed by atoms with Crippen molar-refractivity contribution < 1.29 is 14.6 Å². The fraction of sp³-hybridized carbons (Fsp3) is 0.368. The molecule has 2 N–H and O–H groups in total. The van der Waals surface area contributed by atoms with Gasteiger partial charge in [0.05, 0.1) is 38.8 Å². The average molecular weight is 356 g/mol. The third kappa shape index (κ3) is 3.43. The van der Waals surface area contributed by atoms with Crippen LogP contribution in [0.1, 0.15) is 13.8 Å². The third-order valence-corrected chi connectivity index (χ3v) is 4.38. The summed E-state index contributed by atoms with van der Waals surface area (Å²) in [4.78, 5) is 4.42. The van der Waals surface area contributed by atoms with E-state index in [1.807, 2.05) is 30.3 Å². The number of hydrogen-bond donors (Lipinski definition) is 2. The number of methoxy groups -OCH3 is 2. The molecule has 7 heteroatoms. The molecule has 3 aromatic rings. The van der Waals surface area contributed by atoms with Crippen LogP contribution in [0.25, 0.3) is 16.9 Å². The van der Waals surface area contributed by atoms with E-state index in [1.165, 1.54) is 0 Å².